The van der Waals surface area contributed by atoms with Gasteiger partial charge in [0.15, 0.2) is 0 Å². The standard InChI is InChI=1S/C19H24ClN3O2/c1-12(2)9-22-19(25)14-7-18(24)23(11-14)6-5-13-10-21-17-4-3-15(20)8-16(13)17/h3-4,8,10,12,14,21H,5-7,9,11H2,1-2H3,(H,22,25)/t14-/m0/s1. The van der Waals surface area contributed by atoms with Crippen molar-refractivity contribution in [1.29, 1.82) is 0 Å². The third-order valence-corrected chi connectivity index (χ3v) is 4.89. The molecule has 1 aliphatic rings. The van der Waals surface area contributed by atoms with Crippen molar-refractivity contribution < 1.29 is 9.59 Å². The monoisotopic (exact) mass is 361 g/mol. The van der Waals surface area contributed by atoms with Gasteiger partial charge in [0.2, 0.25) is 11.8 Å². The normalized spacial score (nSPS) is 17.7. The Morgan fingerprint density at radius 2 is 2.24 bits per heavy atom. The number of rotatable bonds is 6. The number of hydrogen-bond acceptors (Lipinski definition) is 2. The molecule has 1 aromatic carbocycles. The molecule has 0 aliphatic carbocycles. The molecule has 3 rings (SSSR count). The van der Waals surface area contributed by atoms with Gasteiger partial charge in [-0.2, -0.15) is 0 Å². The molecule has 1 aromatic heterocycles. The SMILES string of the molecule is CC(C)CNC(=O)[C@H]1CC(=O)N(CCc2c[nH]c3ccc(Cl)cc23)C1. The number of aromatic amines is 1. The Balaban J connectivity index is 1.59. The summed E-state index contributed by atoms with van der Waals surface area (Å²) in [5.74, 6) is 0.223. The molecule has 1 fully saturated rings. The number of H-pyrrole nitrogens is 1. The fourth-order valence-electron chi connectivity index (χ4n) is 3.23. The maximum absolute atomic E-state index is 12.2. The molecule has 5 nitrogen and oxygen atoms in total. The van der Waals surface area contributed by atoms with E-state index in [1.807, 2.05) is 24.4 Å². The summed E-state index contributed by atoms with van der Waals surface area (Å²) in [7, 11) is 0. The molecular weight excluding hydrogens is 338 g/mol. The largest absolute Gasteiger partial charge is 0.361 e. The van der Waals surface area contributed by atoms with Gasteiger partial charge in [-0.15, -0.1) is 0 Å². The predicted molar refractivity (Wildman–Crippen MR) is 99.5 cm³/mol. The summed E-state index contributed by atoms with van der Waals surface area (Å²) < 4.78 is 0. The van der Waals surface area contributed by atoms with Gasteiger partial charge in [-0.25, -0.2) is 0 Å². The van der Waals surface area contributed by atoms with Gasteiger partial charge >= 0.3 is 0 Å². The number of likely N-dealkylation sites (tertiary alicyclic amines) is 1. The number of aromatic nitrogens is 1. The molecule has 2 aromatic rings. The van der Waals surface area contributed by atoms with E-state index in [9.17, 15) is 9.59 Å². The van der Waals surface area contributed by atoms with Crippen molar-refractivity contribution in [2.75, 3.05) is 19.6 Å². The molecule has 0 saturated carbocycles. The Labute approximate surface area is 152 Å². The first-order valence-electron chi connectivity index (χ1n) is 8.75. The van der Waals surface area contributed by atoms with E-state index in [-0.39, 0.29) is 17.7 Å². The van der Waals surface area contributed by atoms with E-state index in [0.717, 1.165) is 22.9 Å². The van der Waals surface area contributed by atoms with E-state index in [1.54, 1.807) is 4.90 Å². The molecule has 0 radical (unpaired) electrons. The first-order chi connectivity index (χ1) is 11.9. The lowest BCUT2D eigenvalue weighted by atomic mass is 10.1. The van der Waals surface area contributed by atoms with Crippen molar-refractivity contribution in [3.63, 3.8) is 0 Å². The minimum atomic E-state index is -0.233. The topological polar surface area (TPSA) is 65.2 Å². The van der Waals surface area contributed by atoms with Crippen LogP contribution in [0.2, 0.25) is 5.02 Å². The Morgan fingerprint density at radius 3 is 3.00 bits per heavy atom. The first-order valence-corrected chi connectivity index (χ1v) is 9.13. The highest BCUT2D eigenvalue weighted by atomic mass is 35.5. The minimum Gasteiger partial charge on any atom is -0.361 e. The second kappa shape index (κ2) is 7.48. The van der Waals surface area contributed by atoms with Crippen LogP contribution >= 0.6 is 11.6 Å². The van der Waals surface area contributed by atoms with Crippen LogP contribution in [0.1, 0.15) is 25.8 Å². The number of nitrogens with one attached hydrogen (secondary N) is 2. The lowest BCUT2D eigenvalue weighted by Crippen LogP contribution is -2.35. The van der Waals surface area contributed by atoms with Crippen molar-refractivity contribution in [2.24, 2.45) is 11.8 Å². The summed E-state index contributed by atoms with van der Waals surface area (Å²) in [6, 6.07) is 5.75. The number of hydrogen-bond donors (Lipinski definition) is 2. The molecule has 134 valence electrons. The molecule has 2 N–H and O–H groups in total. The molecule has 2 amide bonds. The van der Waals surface area contributed by atoms with Gasteiger partial charge in [-0.1, -0.05) is 25.4 Å². The van der Waals surface area contributed by atoms with Gasteiger partial charge in [0, 0.05) is 48.2 Å². The zero-order chi connectivity index (χ0) is 18.0. The van der Waals surface area contributed by atoms with Gasteiger partial charge in [-0.3, -0.25) is 9.59 Å². The van der Waals surface area contributed by atoms with Crippen LogP contribution in [0, 0.1) is 11.8 Å². The van der Waals surface area contributed by atoms with Crippen LogP contribution in [0.25, 0.3) is 10.9 Å². The van der Waals surface area contributed by atoms with Gasteiger partial charge in [-0.05, 0) is 36.1 Å². The van der Waals surface area contributed by atoms with Crippen LogP contribution in [0.15, 0.2) is 24.4 Å². The third-order valence-electron chi connectivity index (χ3n) is 4.65. The van der Waals surface area contributed by atoms with E-state index in [1.165, 1.54) is 0 Å². The highest BCUT2D eigenvalue weighted by Crippen LogP contribution is 2.24. The third kappa shape index (κ3) is 4.15. The Hall–Kier alpha value is -2.01. The maximum atomic E-state index is 12.2. The van der Waals surface area contributed by atoms with Gasteiger partial charge in [0.25, 0.3) is 0 Å². The predicted octanol–water partition coefficient (Wildman–Crippen LogP) is 2.98. The van der Waals surface area contributed by atoms with Crippen LogP contribution in [0.3, 0.4) is 0 Å². The van der Waals surface area contributed by atoms with Crippen LogP contribution in [-0.4, -0.2) is 41.3 Å². The minimum absolute atomic E-state index is 0.0107. The molecule has 1 aliphatic heterocycles. The molecule has 0 unspecified atom stereocenters. The van der Waals surface area contributed by atoms with E-state index in [4.69, 9.17) is 11.6 Å². The Kier molecular flexibility index (Phi) is 5.33. The highest BCUT2D eigenvalue weighted by Gasteiger charge is 2.33. The van der Waals surface area contributed by atoms with Crippen molar-refractivity contribution in [3.8, 4) is 0 Å². The van der Waals surface area contributed by atoms with E-state index < -0.39 is 0 Å². The summed E-state index contributed by atoms with van der Waals surface area (Å²) in [5.41, 5.74) is 2.18. The lowest BCUT2D eigenvalue weighted by molar-refractivity contribution is -0.129. The molecule has 6 heteroatoms. The zero-order valence-corrected chi connectivity index (χ0v) is 15.4. The molecule has 25 heavy (non-hydrogen) atoms. The summed E-state index contributed by atoms with van der Waals surface area (Å²) in [4.78, 5) is 29.4. The van der Waals surface area contributed by atoms with Crippen LogP contribution in [0.5, 0.6) is 0 Å². The van der Waals surface area contributed by atoms with Crippen molar-refractivity contribution >= 4 is 34.3 Å². The summed E-state index contributed by atoms with van der Waals surface area (Å²) in [5, 5.41) is 4.72. The number of benzene rings is 1. The lowest BCUT2D eigenvalue weighted by Gasteiger charge is -2.16. The molecule has 0 bridgehead atoms. The van der Waals surface area contributed by atoms with Crippen molar-refractivity contribution in [3.05, 3.63) is 35.0 Å². The second-order valence-corrected chi connectivity index (χ2v) is 7.57. The molecule has 2 heterocycles. The Morgan fingerprint density at radius 1 is 1.44 bits per heavy atom. The van der Waals surface area contributed by atoms with Crippen LogP contribution < -0.4 is 5.32 Å². The smallest absolute Gasteiger partial charge is 0.225 e. The molecule has 0 spiro atoms. The summed E-state index contributed by atoms with van der Waals surface area (Å²) >= 11 is 6.08. The summed E-state index contributed by atoms with van der Waals surface area (Å²) in [6.45, 7) is 5.89. The highest BCUT2D eigenvalue weighted by molar-refractivity contribution is 6.31. The maximum Gasteiger partial charge on any atom is 0.225 e. The van der Waals surface area contributed by atoms with E-state index >= 15 is 0 Å². The van der Waals surface area contributed by atoms with E-state index in [2.05, 4.69) is 24.1 Å². The second-order valence-electron chi connectivity index (χ2n) is 7.13. The van der Waals surface area contributed by atoms with Gasteiger partial charge < -0.3 is 15.2 Å². The van der Waals surface area contributed by atoms with E-state index in [0.29, 0.717) is 37.0 Å². The number of halogens is 1. The molecular formula is C19H24ClN3O2. The Bertz CT molecular complexity index is 784. The fourth-order valence-corrected chi connectivity index (χ4v) is 3.40. The quantitative estimate of drug-likeness (QED) is 0.830. The summed E-state index contributed by atoms with van der Waals surface area (Å²) in [6.07, 6.45) is 3.02. The van der Waals surface area contributed by atoms with Crippen molar-refractivity contribution in [1.82, 2.24) is 15.2 Å². The van der Waals surface area contributed by atoms with Crippen LogP contribution in [0.4, 0.5) is 0 Å². The number of carbonyl (C=O) groups excluding carboxylic acids is 2. The average molecular weight is 362 g/mol. The van der Waals surface area contributed by atoms with Crippen molar-refractivity contribution in [2.45, 2.75) is 26.7 Å². The number of fused-ring (bicyclic) bond motifs is 1. The van der Waals surface area contributed by atoms with Gasteiger partial charge in [0.05, 0.1) is 5.92 Å². The first kappa shape index (κ1) is 17.8. The average Bonchev–Trinajstić information content (AvgIpc) is 3.14. The fraction of sp³-hybridized carbons (Fsp3) is 0.474. The number of carbonyl (C=O) groups is 2. The molecule has 1 saturated heterocycles. The molecule has 1 atom stereocenters. The van der Waals surface area contributed by atoms with Crippen LogP contribution in [-0.2, 0) is 16.0 Å². The number of amides is 2. The van der Waals surface area contributed by atoms with Gasteiger partial charge in [0.1, 0.15) is 0 Å². The number of nitrogens with zero attached hydrogens (tertiary/aromatic N) is 1. The zero-order valence-electron chi connectivity index (χ0n) is 14.6.